The molecule has 0 bridgehead atoms. The molecule has 0 rings (SSSR count). The summed E-state index contributed by atoms with van der Waals surface area (Å²) in [6, 6.07) is 0. The van der Waals surface area contributed by atoms with Gasteiger partial charge in [0.1, 0.15) is 13.2 Å². The minimum Gasteiger partial charge on any atom is -0.462 e. The van der Waals surface area contributed by atoms with Gasteiger partial charge in [-0.25, -0.2) is 0 Å². The molecule has 0 aromatic carbocycles. The van der Waals surface area contributed by atoms with Gasteiger partial charge < -0.3 is 14.2 Å². The lowest BCUT2D eigenvalue weighted by molar-refractivity contribution is -0.167. The molecule has 0 N–H and O–H groups in total. The fourth-order valence-corrected chi connectivity index (χ4v) is 9.43. The van der Waals surface area contributed by atoms with E-state index in [0.717, 1.165) is 96.3 Å². The van der Waals surface area contributed by atoms with Crippen molar-refractivity contribution in [3.05, 3.63) is 60.8 Å². The summed E-state index contributed by atoms with van der Waals surface area (Å²) in [5.41, 5.74) is 0. The van der Waals surface area contributed by atoms with E-state index in [9.17, 15) is 14.4 Å². The number of carbonyl (C=O) groups is 3. The number of esters is 3. The van der Waals surface area contributed by atoms with Crippen molar-refractivity contribution in [2.45, 2.75) is 341 Å². The van der Waals surface area contributed by atoms with Gasteiger partial charge in [0.05, 0.1) is 0 Å². The molecule has 0 aliphatic carbocycles. The number of hydrogen-bond donors (Lipinski definition) is 0. The number of carbonyl (C=O) groups excluding carboxylic acids is 3. The highest BCUT2D eigenvalue weighted by Gasteiger charge is 2.19. The van der Waals surface area contributed by atoms with E-state index in [2.05, 4.69) is 81.5 Å². The number of hydrogen-bond acceptors (Lipinski definition) is 6. The topological polar surface area (TPSA) is 78.9 Å². The Morgan fingerprint density at radius 3 is 0.838 bits per heavy atom. The molecule has 0 spiro atoms. The largest absolute Gasteiger partial charge is 0.462 e. The van der Waals surface area contributed by atoms with Crippen LogP contribution in [0, 0.1) is 0 Å². The zero-order valence-corrected chi connectivity index (χ0v) is 49.4. The number of unbranched alkanes of at least 4 members (excludes halogenated alkanes) is 38. The molecular formula is C68H122O6. The lowest BCUT2D eigenvalue weighted by Crippen LogP contribution is -2.30. The van der Waals surface area contributed by atoms with Crippen molar-refractivity contribution in [3.8, 4) is 0 Å². The van der Waals surface area contributed by atoms with Crippen LogP contribution in [0.5, 0.6) is 0 Å². The normalized spacial score (nSPS) is 12.4. The lowest BCUT2D eigenvalue weighted by Gasteiger charge is -2.18. The van der Waals surface area contributed by atoms with E-state index in [1.807, 2.05) is 0 Å². The van der Waals surface area contributed by atoms with Crippen molar-refractivity contribution >= 4 is 17.9 Å². The Morgan fingerprint density at radius 2 is 0.527 bits per heavy atom. The minimum atomic E-state index is -0.784. The molecule has 0 saturated heterocycles. The van der Waals surface area contributed by atoms with Gasteiger partial charge in [0.25, 0.3) is 0 Å². The van der Waals surface area contributed by atoms with E-state index in [0.29, 0.717) is 19.3 Å². The summed E-state index contributed by atoms with van der Waals surface area (Å²) in [5, 5.41) is 0. The summed E-state index contributed by atoms with van der Waals surface area (Å²) in [7, 11) is 0. The molecule has 0 saturated carbocycles. The lowest BCUT2D eigenvalue weighted by atomic mass is 10.0. The second kappa shape index (κ2) is 62.6. The molecule has 0 heterocycles. The third kappa shape index (κ3) is 60.0. The predicted molar refractivity (Wildman–Crippen MR) is 321 cm³/mol. The van der Waals surface area contributed by atoms with Crippen LogP contribution in [0.1, 0.15) is 335 Å². The average Bonchev–Trinajstić information content (AvgIpc) is 3.40. The molecular weight excluding hydrogens is 913 g/mol. The maximum absolute atomic E-state index is 12.9. The summed E-state index contributed by atoms with van der Waals surface area (Å²) in [5.74, 6) is -0.886. The Morgan fingerprint density at radius 1 is 0.284 bits per heavy atom. The number of rotatable bonds is 59. The molecule has 0 aliphatic rings. The Labute approximate surface area is 460 Å². The molecule has 1 unspecified atom stereocenters. The van der Waals surface area contributed by atoms with Crippen LogP contribution >= 0.6 is 0 Å². The van der Waals surface area contributed by atoms with Crippen molar-refractivity contribution in [2.24, 2.45) is 0 Å². The van der Waals surface area contributed by atoms with Gasteiger partial charge in [0, 0.05) is 19.3 Å². The molecule has 6 heteroatoms. The van der Waals surface area contributed by atoms with Crippen molar-refractivity contribution in [2.75, 3.05) is 13.2 Å². The number of ether oxygens (including phenoxy) is 3. The molecule has 1 atom stereocenters. The highest BCUT2D eigenvalue weighted by molar-refractivity contribution is 5.71. The summed E-state index contributed by atoms with van der Waals surface area (Å²) in [6.07, 6.45) is 79.4. The molecule has 74 heavy (non-hydrogen) atoms. The molecule has 0 aliphatic heterocycles. The van der Waals surface area contributed by atoms with Crippen LogP contribution in [0.25, 0.3) is 0 Å². The Hall–Kier alpha value is -2.89. The fraction of sp³-hybridized carbons (Fsp3) is 0.809. The monoisotopic (exact) mass is 1030 g/mol. The van der Waals surface area contributed by atoms with Gasteiger partial charge in [-0.3, -0.25) is 14.4 Å². The SMILES string of the molecule is CC/C=C\C/C=C\C/C=C\C/C=C\CCCCCCC(=O)OCC(COC(=O)CCCCCCCCCCC/C=C\CCCCCCCCCC)OC(=O)CCCCCCCCCCCCCCCCCCCC. The first kappa shape index (κ1) is 71.1. The molecule has 0 aromatic heterocycles. The highest BCUT2D eigenvalue weighted by Crippen LogP contribution is 2.17. The smallest absolute Gasteiger partial charge is 0.306 e. The van der Waals surface area contributed by atoms with E-state index >= 15 is 0 Å². The van der Waals surface area contributed by atoms with Gasteiger partial charge in [-0.2, -0.15) is 0 Å². The van der Waals surface area contributed by atoms with Crippen LogP contribution in [-0.2, 0) is 28.6 Å². The summed E-state index contributed by atoms with van der Waals surface area (Å²) in [6.45, 7) is 6.56. The Kier molecular flexibility index (Phi) is 60.2. The van der Waals surface area contributed by atoms with Gasteiger partial charge in [0.15, 0.2) is 6.10 Å². The minimum absolute atomic E-state index is 0.0800. The van der Waals surface area contributed by atoms with E-state index in [1.165, 1.54) is 199 Å². The van der Waals surface area contributed by atoms with Crippen LogP contribution in [0.3, 0.4) is 0 Å². The van der Waals surface area contributed by atoms with Crippen molar-refractivity contribution < 1.29 is 28.6 Å². The van der Waals surface area contributed by atoms with Crippen molar-refractivity contribution in [1.82, 2.24) is 0 Å². The van der Waals surface area contributed by atoms with Gasteiger partial charge in [0.2, 0.25) is 0 Å². The predicted octanol–water partition coefficient (Wildman–Crippen LogP) is 21.9. The highest BCUT2D eigenvalue weighted by atomic mass is 16.6. The molecule has 0 fully saturated rings. The average molecular weight is 1040 g/mol. The summed E-state index contributed by atoms with van der Waals surface area (Å²) >= 11 is 0. The van der Waals surface area contributed by atoms with Crippen molar-refractivity contribution in [3.63, 3.8) is 0 Å². The molecule has 0 amide bonds. The molecule has 0 aromatic rings. The Bertz CT molecular complexity index is 1330. The second-order valence-corrected chi connectivity index (χ2v) is 21.6. The van der Waals surface area contributed by atoms with E-state index in [-0.39, 0.29) is 31.1 Å². The first-order valence-electron chi connectivity index (χ1n) is 32.3. The van der Waals surface area contributed by atoms with E-state index < -0.39 is 6.10 Å². The van der Waals surface area contributed by atoms with Crippen LogP contribution in [-0.4, -0.2) is 37.2 Å². The zero-order chi connectivity index (χ0) is 53.6. The van der Waals surface area contributed by atoms with Crippen molar-refractivity contribution in [1.29, 1.82) is 0 Å². The van der Waals surface area contributed by atoms with E-state index in [4.69, 9.17) is 14.2 Å². The maximum atomic E-state index is 12.9. The van der Waals surface area contributed by atoms with Crippen LogP contribution in [0.2, 0.25) is 0 Å². The molecule has 0 radical (unpaired) electrons. The fourth-order valence-electron chi connectivity index (χ4n) is 9.43. The summed E-state index contributed by atoms with van der Waals surface area (Å²) < 4.78 is 16.9. The van der Waals surface area contributed by atoms with Gasteiger partial charge in [-0.15, -0.1) is 0 Å². The quantitative estimate of drug-likeness (QED) is 0.0261. The first-order chi connectivity index (χ1) is 36.5. The second-order valence-electron chi connectivity index (χ2n) is 21.6. The van der Waals surface area contributed by atoms with Crippen LogP contribution in [0.4, 0.5) is 0 Å². The maximum Gasteiger partial charge on any atom is 0.306 e. The van der Waals surface area contributed by atoms with Gasteiger partial charge in [-0.05, 0) is 83.5 Å². The van der Waals surface area contributed by atoms with Gasteiger partial charge in [-0.1, -0.05) is 293 Å². The molecule has 430 valence electrons. The third-order valence-corrected chi connectivity index (χ3v) is 14.3. The van der Waals surface area contributed by atoms with Crippen LogP contribution in [0.15, 0.2) is 60.8 Å². The third-order valence-electron chi connectivity index (χ3n) is 14.3. The van der Waals surface area contributed by atoms with Crippen LogP contribution < -0.4 is 0 Å². The summed E-state index contributed by atoms with van der Waals surface area (Å²) in [4.78, 5) is 38.3. The van der Waals surface area contributed by atoms with Gasteiger partial charge >= 0.3 is 17.9 Å². The molecule has 6 nitrogen and oxygen atoms in total. The zero-order valence-electron chi connectivity index (χ0n) is 49.4. The first-order valence-corrected chi connectivity index (χ1v) is 32.3. The Balaban J connectivity index is 4.37. The standard InChI is InChI=1S/C68H122O6/c1-4-7-10-13-16-19-22-25-28-31-33-34-35-38-40-43-46-49-52-55-58-61-67(70)73-64-65(63-72-66(69)60-57-54-51-48-45-42-39-36-30-27-24-21-18-15-12-9-6-3)74-68(71)62-59-56-53-50-47-44-41-37-32-29-26-23-20-17-14-11-8-5-2/h9,12,18,21,27,30-31,33,39,42,65H,4-8,10-11,13-17,19-20,22-26,28-29,32,34-38,40-41,43-64H2,1-3H3/b12-9-,21-18-,30-27-,33-31-,42-39-. The number of allylic oxidation sites excluding steroid dienone is 10. The van der Waals surface area contributed by atoms with E-state index in [1.54, 1.807) is 0 Å².